The Hall–Kier alpha value is -1.44. The molecule has 1 aliphatic rings. The highest BCUT2D eigenvalue weighted by Crippen LogP contribution is 2.36. The molecule has 15 heavy (non-hydrogen) atoms. The van der Waals surface area contributed by atoms with Crippen molar-refractivity contribution in [2.75, 3.05) is 0 Å². The van der Waals surface area contributed by atoms with Crippen molar-refractivity contribution in [1.82, 2.24) is 0 Å². The van der Waals surface area contributed by atoms with E-state index in [0.717, 1.165) is 12.1 Å². The van der Waals surface area contributed by atoms with Crippen molar-refractivity contribution in [1.29, 1.82) is 0 Å². The van der Waals surface area contributed by atoms with Crippen molar-refractivity contribution < 1.29 is 4.79 Å². The molecule has 0 saturated carbocycles. The Morgan fingerprint density at radius 2 is 2.00 bits per heavy atom. The van der Waals surface area contributed by atoms with Crippen LogP contribution in [0.4, 0.5) is 0 Å². The summed E-state index contributed by atoms with van der Waals surface area (Å²) in [6.07, 6.45) is 1.46. The van der Waals surface area contributed by atoms with Crippen molar-refractivity contribution in [3.05, 3.63) is 35.9 Å². The first-order valence-corrected chi connectivity index (χ1v) is 5.27. The average molecular weight is 201 g/mol. The van der Waals surface area contributed by atoms with Crippen LogP contribution in [0.2, 0.25) is 0 Å². The summed E-state index contributed by atoms with van der Waals surface area (Å²) < 4.78 is 0. The zero-order chi connectivity index (χ0) is 10.9. The molecule has 0 spiro atoms. The summed E-state index contributed by atoms with van der Waals surface area (Å²) in [6.45, 7) is 3.73. The van der Waals surface area contributed by atoms with Crippen LogP contribution in [0.1, 0.15) is 32.3 Å². The highest BCUT2D eigenvalue weighted by molar-refractivity contribution is 6.16. The SMILES string of the molecule is CC(=O)CCC1(C)N=C1c1ccccc1. The molecule has 0 aliphatic carbocycles. The predicted octanol–water partition coefficient (Wildman–Crippen LogP) is 2.62. The molecule has 0 radical (unpaired) electrons. The van der Waals surface area contributed by atoms with Crippen LogP contribution in [0.15, 0.2) is 35.3 Å². The molecule has 0 fully saturated rings. The lowest BCUT2D eigenvalue weighted by molar-refractivity contribution is -0.117. The highest BCUT2D eigenvalue weighted by atomic mass is 16.1. The molecule has 0 saturated heterocycles. The Bertz CT molecular complexity index is 408. The maximum atomic E-state index is 10.9. The highest BCUT2D eigenvalue weighted by Gasteiger charge is 2.42. The fourth-order valence-corrected chi connectivity index (χ4v) is 1.78. The summed E-state index contributed by atoms with van der Waals surface area (Å²) in [5, 5.41) is 0. The largest absolute Gasteiger partial charge is 0.300 e. The number of benzene rings is 1. The second kappa shape index (κ2) is 3.61. The van der Waals surface area contributed by atoms with Crippen LogP contribution in [0, 0.1) is 0 Å². The monoisotopic (exact) mass is 201 g/mol. The van der Waals surface area contributed by atoms with Crippen LogP contribution in [0.3, 0.4) is 0 Å². The van der Waals surface area contributed by atoms with Crippen molar-refractivity contribution in [3.63, 3.8) is 0 Å². The van der Waals surface area contributed by atoms with E-state index in [-0.39, 0.29) is 11.3 Å². The van der Waals surface area contributed by atoms with Crippen LogP contribution in [0.25, 0.3) is 0 Å². The van der Waals surface area contributed by atoms with Gasteiger partial charge in [0.15, 0.2) is 0 Å². The van der Waals surface area contributed by atoms with Crippen molar-refractivity contribution in [2.24, 2.45) is 4.99 Å². The number of nitrogens with zero attached hydrogens (tertiary/aromatic N) is 1. The predicted molar refractivity (Wildman–Crippen MR) is 61.3 cm³/mol. The van der Waals surface area contributed by atoms with E-state index in [4.69, 9.17) is 0 Å². The smallest absolute Gasteiger partial charge is 0.129 e. The molecule has 1 aliphatic heterocycles. The van der Waals surface area contributed by atoms with Gasteiger partial charge in [0.05, 0.1) is 5.71 Å². The molecule has 1 unspecified atom stereocenters. The van der Waals surface area contributed by atoms with E-state index in [1.165, 1.54) is 5.56 Å². The minimum atomic E-state index is -0.0764. The Labute approximate surface area is 90.0 Å². The fraction of sp³-hybridized carbons (Fsp3) is 0.385. The minimum absolute atomic E-state index is 0.0764. The molecule has 78 valence electrons. The second-order valence-corrected chi connectivity index (χ2v) is 4.30. The van der Waals surface area contributed by atoms with Crippen LogP contribution in [-0.4, -0.2) is 17.0 Å². The van der Waals surface area contributed by atoms with E-state index in [2.05, 4.69) is 24.0 Å². The number of carbonyl (C=O) groups is 1. The molecule has 0 N–H and O–H groups in total. The van der Waals surface area contributed by atoms with E-state index in [0.29, 0.717) is 6.42 Å². The molecule has 1 heterocycles. The Morgan fingerprint density at radius 1 is 1.33 bits per heavy atom. The number of carbonyl (C=O) groups excluding carboxylic acids is 1. The van der Waals surface area contributed by atoms with Crippen LogP contribution >= 0.6 is 0 Å². The normalized spacial score (nSPS) is 23.5. The van der Waals surface area contributed by atoms with Gasteiger partial charge in [0.2, 0.25) is 0 Å². The van der Waals surface area contributed by atoms with Crippen molar-refractivity contribution in [2.45, 2.75) is 32.2 Å². The number of ketones is 1. The van der Waals surface area contributed by atoms with Gasteiger partial charge in [0.1, 0.15) is 11.3 Å². The standard InChI is InChI=1S/C13H15NO/c1-10(15)8-9-13(2)12(14-13)11-6-4-3-5-7-11/h3-7H,8-9H2,1-2H3. The molecule has 1 aromatic rings. The van der Waals surface area contributed by atoms with Gasteiger partial charge in [-0.05, 0) is 25.8 Å². The Balaban J connectivity index is 1.99. The summed E-state index contributed by atoms with van der Waals surface area (Å²) in [5.74, 6) is 0.241. The van der Waals surface area contributed by atoms with Crippen LogP contribution in [0.5, 0.6) is 0 Å². The van der Waals surface area contributed by atoms with Gasteiger partial charge in [-0.3, -0.25) is 4.99 Å². The Kier molecular flexibility index (Phi) is 2.43. The Morgan fingerprint density at radius 3 is 2.60 bits per heavy atom. The first-order chi connectivity index (χ1) is 7.12. The van der Waals surface area contributed by atoms with E-state index < -0.39 is 0 Å². The summed E-state index contributed by atoms with van der Waals surface area (Å²) >= 11 is 0. The fourth-order valence-electron chi connectivity index (χ4n) is 1.78. The van der Waals surface area contributed by atoms with E-state index >= 15 is 0 Å². The zero-order valence-electron chi connectivity index (χ0n) is 9.16. The summed E-state index contributed by atoms with van der Waals surface area (Å²) in [5.41, 5.74) is 2.25. The third-order valence-corrected chi connectivity index (χ3v) is 2.83. The van der Waals surface area contributed by atoms with Crippen LogP contribution < -0.4 is 0 Å². The average Bonchev–Trinajstić information content (AvgIpc) is 2.90. The molecule has 0 amide bonds. The van der Waals surface area contributed by atoms with E-state index in [9.17, 15) is 4.79 Å². The molecule has 2 nitrogen and oxygen atoms in total. The second-order valence-electron chi connectivity index (χ2n) is 4.30. The molecule has 1 atom stereocenters. The van der Waals surface area contributed by atoms with Gasteiger partial charge in [-0.2, -0.15) is 0 Å². The molecular weight excluding hydrogens is 186 g/mol. The number of rotatable bonds is 4. The van der Waals surface area contributed by atoms with Crippen molar-refractivity contribution in [3.8, 4) is 0 Å². The first-order valence-electron chi connectivity index (χ1n) is 5.27. The number of Topliss-reactive ketones (excluding diaryl/α,β-unsaturated/α-hetero) is 1. The van der Waals surface area contributed by atoms with Gasteiger partial charge in [-0.25, -0.2) is 0 Å². The lowest BCUT2D eigenvalue weighted by Crippen LogP contribution is -2.15. The molecule has 0 aromatic heterocycles. The molecule has 2 rings (SSSR count). The molecule has 2 heteroatoms. The molecule has 0 bridgehead atoms. The first kappa shape index (κ1) is 10.1. The van der Waals surface area contributed by atoms with E-state index in [1.807, 2.05) is 18.2 Å². The summed E-state index contributed by atoms with van der Waals surface area (Å²) in [4.78, 5) is 15.4. The van der Waals surface area contributed by atoms with Gasteiger partial charge < -0.3 is 4.79 Å². The van der Waals surface area contributed by atoms with Gasteiger partial charge in [-0.15, -0.1) is 0 Å². The topological polar surface area (TPSA) is 29.4 Å². The van der Waals surface area contributed by atoms with Crippen molar-refractivity contribution >= 4 is 11.5 Å². The lowest BCUT2D eigenvalue weighted by atomic mass is 9.94. The minimum Gasteiger partial charge on any atom is -0.300 e. The number of hydrogen-bond donors (Lipinski definition) is 0. The van der Waals surface area contributed by atoms with Gasteiger partial charge in [0.25, 0.3) is 0 Å². The third-order valence-electron chi connectivity index (χ3n) is 2.83. The van der Waals surface area contributed by atoms with Gasteiger partial charge >= 0.3 is 0 Å². The third kappa shape index (κ3) is 2.14. The molecular formula is C13H15NO. The van der Waals surface area contributed by atoms with Crippen LogP contribution in [-0.2, 0) is 4.79 Å². The van der Waals surface area contributed by atoms with Gasteiger partial charge in [0, 0.05) is 6.42 Å². The lowest BCUT2D eigenvalue weighted by Gasteiger charge is -2.07. The summed E-state index contributed by atoms with van der Waals surface area (Å²) in [7, 11) is 0. The number of hydrogen-bond acceptors (Lipinski definition) is 2. The molecule has 1 aromatic carbocycles. The quantitative estimate of drug-likeness (QED) is 0.736. The van der Waals surface area contributed by atoms with Gasteiger partial charge in [-0.1, -0.05) is 30.3 Å². The maximum Gasteiger partial charge on any atom is 0.129 e. The summed E-state index contributed by atoms with van der Waals surface area (Å²) in [6, 6.07) is 10.2. The number of aliphatic imine (C=N–C) groups is 1. The van der Waals surface area contributed by atoms with E-state index in [1.54, 1.807) is 6.92 Å². The zero-order valence-corrected chi connectivity index (χ0v) is 9.16. The maximum absolute atomic E-state index is 10.9.